The molecular weight excluding hydrogens is 881 g/mol. The minimum Gasteiger partial charge on any atom is -0.497 e. The van der Waals surface area contributed by atoms with Crippen molar-refractivity contribution in [3.8, 4) is 51.6 Å². The van der Waals surface area contributed by atoms with Crippen LogP contribution in [-0.4, -0.2) is 31.2 Å². The van der Waals surface area contributed by atoms with Crippen LogP contribution in [0.2, 0.25) is 0 Å². The average molecular weight is 931 g/mol. The third kappa shape index (κ3) is 9.90. The number of aliphatic hydroxyl groups is 1. The van der Waals surface area contributed by atoms with E-state index in [9.17, 15) is 5.11 Å². The van der Waals surface area contributed by atoms with Gasteiger partial charge in [-0.25, -0.2) is 0 Å². The van der Waals surface area contributed by atoms with Crippen LogP contribution in [0, 0.1) is 0 Å². The van der Waals surface area contributed by atoms with Gasteiger partial charge in [-0.15, -0.1) is 0 Å². The summed E-state index contributed by atoms with van der Waals surface area (Å²) >= 11 is 0. The number of methoxy groups -OCH3 is 2. The van der Waals surface area contributed by atoms with Gasteiger partial charge in [0.1, 0.15) is 89.7 Å². The summed E-state index contributed by atoms with van der Waals surface area (Å²) in [6.07, 6.45) is -1.61. The number of ether oxygens (including phenoxy) is 7. The van der Waals surface area contributed by atoms with Gasteiger partial charge in [0, 0.05) is 35.7 Å². The van der Waals surface area contributed by atoms with Gasteiger partial charge in [0.05, 0.1) is 31.3 Å². The van der Waals surface area contributed by atoms with Crippen molar-refractivity contribution < 1.29 is 47.5 Å². The topological polar surface area (TPSA) is 115 Å². The number of hydrogen-bond donors (Lipinski definition) is 1. The molecule has 1 N–H and O–H groups in total. The van der Waals surface area contributed by atoms with Crippen LogP contribution in [0.5, 0.6) is 40.2 Å². The molecule has 0 spiro atoms. The number of ketones is 1. The third-order valence-electron chi connectivity index (χ3n) is 12.2. The summed E-state index contributed by atoms with van der Waals surface area (Å²) in [5.41, 5.74) is 6.37. The molecule has 0 saturated carbocycles. The molecule has 10 heteroatoms. The summed E-state index contributed by atoms with van der Waals surface area (Å²) in [5.74, 6) is 2.82. The lowest BCUT2D eigenvalue weighted by Crippen LogP contribution is -2.30. The molecule has 2 heterocycles. The molecule has 1 aromatic heterocycles. The molecule has 8 aromatic carbocycles. The van der Waals surface area contributed by atoms with Gasteiger partial charge in [-0.3, -0.25) is 4.79 Å². The second-order valence-corrected chi connectivity index (χ2v) is 16.9. The number of benzene rings is 8. The van der Waals surface area contributed by atoms with E-state index in [-0.39, 0.29) is 54.6 Å². The fourth-order valence-corrected chi connectivity index (χ4v) is 8.66. The molecule has 70 heavy (non-hydrogen) atoms. The first-order chi connectivity index (χ1) is 34.4. The molecule has 0 radical (unpaired) electrons. The summed E-state index contributed by atoms with van der Waals surface area (Å²) < 4.78 is 51.2. The van der Waals surface area contributed by atoms with E-state index in [1.807, 2.05) is 170 Å². The lowest BCUT2D eigenvalue weighted by Gasteiger charge is -2.32. The molecule has 0 bridgehead atoms. The highest BCUT2D eigenvalue weighted by atomic mass is 16.5. The maximum absolute atomic E-state index is 16.3. The molecule has 0 saturated heterocycles. The Morgan fingerprint density at radius 2 is 1.01 bits per heavy atom. The summed E-state index contributed by atoms with van der Waals surface area (Å²) in [6.45, 7) is 0.921. The van der Waals surface area contributed by atoms with Crippen molar-refractivity contribution in [3.05, 3.63) is 233 Å². The van der Waals surface area contributed by atoms with Crippen LogP contribution in [-0.2, 0) is 32.8 Å². The molecule has 0 amide bonds. The zero-order valence-electron chi connectivity index (χ0n) is 38.7. The summed E-state index contributed by atoms with van der Waals surface area (Å²) in [7, 11) is 3.16. The monoisotopic (exact) mass is 930 g/mol. The maximum Gasteiger partial charge on any atom is 0.205 e. The van der Waals surface area contributed by atoms with Crippen LogP contribution in [0.3, 0.4) is 0 Å². The highest BCUT2D eigenvalue weighted by Crippen LogP contribution is 2.51. The molecule has 350 valence electrons. The van der Waals surface area contributed by atoms with Crippen LogP contribution in [0.4, 0.5) is 0 Å². The van der Waals surface area contributed by atoms with E-state index >= 15 is 4.79 Å². The predicted molar refractivity (Wildman–Crippen MR) is 267 cm³/mol. The van der Waals surface area contributed by atoms with Crippen LogP contribution in [0.1, 0.15) is 55.4 Å². The van der Waals surface area contributed by atoms with Gasteiger partial charge < -0.3 is 42.7 Å². The zero-order valence-corrected chi connectivity index (χ0v) is 38.7. The van der Waals surface area contributed by atoms with Gasteiger partial charge in [-0.2, -0.15) is 0 Å². The molecule has 0 fully saturated rings. The Balaban J connectivity index is 1.16. The summed E-state index contributed by atoms with van der Waals surface area (Å²) in [6, 6.07) is 59.3. The highest BCUT2D eigenvalue weighted by molar-refractivity contribution is 6.23. The fourth-order valence-electron chi connectivity index (χ4n) is 8.66. The van der Waals surface area contributed by atoms with Crippen molar-refractivity contribution in [1.82, 2.24) is 0 Å². The number of aliphatic hydroxyl groups excluding tert-OH is 1. The predicted octanol–water partition coefficient (Wildman–Crippen LogP) is 12.7. The number of carbonyl (C=O) groups is 1. The Hall–Kier alpha value is -8.47. The second kappa shape index (κ2) is 20.8. The van der Waals surface area contributed by atoms with Gasteiger partial charge in [0.2, 0.25) is 5.78 Å². The van der Waals surface area contributed by atoms with Gasteiger partial charge in [-0.1, -0.05) is 133 Å². The smallest absolute Gasteiger partial charge is 0.205 e. The third-order valence-corrected chi connectivity index (χ3v) is 12.2. The minimum absolute atomic E-state index is 0.141. The number of fused-ring (bicyclic) bond motifs is 3. The van der Waals surface area contributed by atoms with E-state index in [4.69, 9.17) is 37.6 Å². The van der Waals surface area contributed by atoms with E-state index in [2.05, 4.69) is 0 Å². The van der Waals surface area contributed by atoms with Crippen LogP contribution < -0.4 is 33.2 Å². The lowest BCUT2D eigenvalue weighted by molar-refractivity contribution is 0.0211. The zero-order chi connectivity index (χ0) is 47.8. The maximum atomic E-state index is 16.3. The summed E-state index contributed by atoms with van der Waals surface area (Å²) in [5, 5.41) is 12.1. The molecule has 2 atom stereocenters. The van der Waals surface area contributed by atoms with Crippen LogP contribution >= 0.6 is 0 Å². The molecule has 1 aliphatic heterocycles. The fraction of sp³-hybridized carbons (Fsp3) is 0.150. The first-order valence-corrected chi connectivity index (χ1v) is 23.1. The highest BCUT2D eigenvalue weighted by Gasteiger charge is 2.38. The van der Waals surface area contributed by atoms with Crippen molar-refractivity contribution >= 4 is 16.8 Å². The minimum atomic E-state index is -0.958. The number of carbonyl (C=O) groups excluding carboxylic acids is 1. The second-order valence-electron chi connectivity index (χ2n) is 16.9. The lowest BCUT2D eigenvalue weighted by atomic mass is 9.90. The van der Waals surface area contributed by atoms with Crippen molar-refractivity contribution in [2.45, 2.75) is 45.1 Å². The van der Waals surface area contributed by atoms with Crippen LogP contribution in [0.25, 0.3) is 22.3 Å². The Kier molecular flexibility index (Phi) is 13.5. The molecule has 0 unspecified atom stereocenters. The number of hydrogen-bond acceptors (Lipinski definition) is 10. The molecular formula is C60H50O10. The van der Waals surface area contributed by atoms with Crippen molar-refractivity contribution in [2.75, 3.05) is 14.2 Å². The Labute approximate surface area is 406 Å². The van der Waals surface area contributed by atoms with Gasteiger partial charge >= 0.3 is 0 Å². The van der Waals surface area contributed by atoms with E-state index in [0.717, 1.165) is 27.8 Å². The van der Waals surface area contributed by atoms with Crippen molar-refractivity contribution in [1.29, 1.82) is 0 Å². The van der Waals surface area contributed by atoms with E-state index in [1.54, 1.807) is 32.4 Å². The number of rotatable bonds is 18. The Morgan fingerprint density at radius 3 is 1.51 bits per heavy atom. The van der Waals surface area contributed by atoms with Gasteiger partial charge in [-0.05, 0) is 64.2 Å². The van der Waals surface area contributed by atoms with E-state index < -0.39 is 18.0 Å². The van der Waals surface area contributed by atoms with Crippen LogP contribution in [0.15, 0.2) is 192 Å². The molecule has 9 aromatic rings. The molecule has 10 nitrogen and oxygen atoms in total. The van der Waals surface area contributed by atoms with Crippen molar-refractivity contribution in [2.24, 2.45) is 0 Å². The first kappa shape index (κ1) is 45.3. The van der Waals surface area contributed by atoms with Gasteiger partial charge in [0.15, 0.2) is 0 Å². The van der Waals surface area contributed by atoms with E-state index in [0.29, 0.717) is 57.5 Å². The molecule has 1 aliphatic rings. The molecule has 0 aliphatic carbocycles. The Bertz CT molecular complexity index is 3130. The number of furan rings is 1. The SMILES string of the molecule is COc1ccc([C@H]2Oc3c(c(OC)cc4oc(-c5ccc(OCc6ccccc6)cc5)c(C(=O)c5c(OCc6ccccc6)cc(OCc6ccccc6)cc5OCc5ccccc5)c34)C[C@@H]2O)cc1. The largest absolute Gasteiger partial charge is 0.497 e. The standard InChI is InChI=1S/C60H50O10/c1-63-45-27-23-43(24-28-45)58-49(61)33-48-50(64-2)34-53-55(60(48)70-58)56(59(69-53)44-25-29-46(30-26-44)65-35-39-15-7-3-8-16-39)57(62)54-51(67-37-41-19-11-5-12-20-41)31-47(66-36-40-17-9-4-10-18-40)32-52(54)68-38-42-21-13-6-14-22-42/h3-32,34,49,58,61H,33,35-38H2,1-2H3/t49-,58+/m0/s1. The van der Waals surface area contributed by atoms with Crippen molar-refractivity contribution in [3.63, 3.8) is 0 Å². The normalized spacial score (nSPS) is 14.0. The average Bonchev–Trinajstić information content (AvgIpc) is 3.81. The quantitative estimate of drug-likeness (QED) is 0.0834. The first-order valence-electron chi connectivity index (χ1n) is 23.1. The van der Waals surface area contributed by atoms with E-state index in [1.165, 1.54) is 0 Å². The van der Waals surface area contributed by atoms with Gasteiger partial charge in [0.25, 0.3) is 0 Å². The summed E-state index contributed by atoms with van der Waals surface area (Å²) in [4.78, 5) is 16.3. The Morgan fingerprint density at radius 1 is 0.529 bits per heavy atom. The molecule has 10 rings (SSSR count).